The third-order valence-corrected chi connectivity index (χ3v) is 35.3. The Morgan fingerprint density at radius 1 is 0.270 bits per heavy atom. The average molecular weight is 1780 g/mol. The number of nitrogens with zero attached hydrogens (tertiary/aromatic N) is 2. The van der Waals surface area contributed by atoms with Crippen molar-refractivity contribution in [3.63, 3.8) is 0 Å². The molecule has 0 saturated heterocycles. The van der Waals surface area contributed by atoms with Gasteiger partial charge in [0.25, 0.3) is 64.1 Å². The van der Waals surface area contributed by atoms with E-state index in [0.717, 1.165) is 251 Å². The molecule has 4 amide bonds. The molecule has 0 radical (unpaired) electrons. The van der Waals surface area contributed by atoms with Gasteiger partial charge in [-0.25, -0.2) is 9.80 Å². The molecule has 11 aromatic carbocycles. The van der Waals surface area contributed by atoms with Crippen LogP contribution in [0.3, 0.4) is 0 Å². The van der Waals surface area contributed by atoms with Gasteiger partial charge in [-0.2, -0.15) is 33.7 Å². The number of amides is 4. The number of para-hydroxylation sites is 2. The van der Waals surface area contributed by atoms with E-state index in [1.54, 1.807) is 0 Å². The Morgan fingerprint density at radius 2 is 0.460 bits per heavy atom. The second-order valence-corrected chi connectivity index (χ2v) is 44.2. The van der Waals surface area contributed by atoms with Crippen molar-refractivity contribution < 1.29 is 90.0 Å². The van der Waals surface area contributed by atoms with Crippen LogP contribution in [0.4, 0.5) is 11.4 Å². The Bertz CT molecular complexity index is 6000. The molecule has 0 spiro atoms. The van der Waals surface area contributed by atoms with Gasteiger partial charge in [0.2, 0.25) is 0 Å². The highest BCUT2D eigenvalue weighted by molar-refractivity contribution is 7.86. The van der Waals surface area contributed by atoms with Crippen LogP contribution < -0.4 is 28.7 Å². The molecule has 4 N–H and O–H groups in total. The molecule has 0 unspecified atom stereocenters. The van der Waals surface area contributed by atoms with Crippen molar-refractivity contribution in [3.05, 3.63) is 202 Å². The highest BCUT2D eigenvalue weighted by Crippen LogP contribution is 2.62. The van der Waals surface area contributed by atoms with Crippen molar-refractivity contribution in [2.45, 2.75) is 225 Å². The van der Waals surface area contributed by atoms with E-state index in [0.29, 0.717) is 60.7 Å². The summed E-state index contributed by atoms with van der Waals surface area (Å²) in [5, 5.41) is 0.0969. The molecule has 25 rings (SSSR count). The fourth-order valence-electron chi connectivity index (χ4n) is 24.6. The lowest BCUT2D eigenvalue weighted by molar-refractivity contribution is 0.0566. The van der Waals surface area contributed by atoms with Crippen LogP contribution in [0.1, 0.15) is 243 Å². The van der Waals surface area contributed by atoms with Crippen LogP contribution >= 0.6 is 0 Å². The minimum Gasteiger partial charge on any atom is -0.457 e. The second kappa shape index (κ2) is 30.8. The molecule has 0 aromatic heterocycles. The smallest absolute Gasteiger partial charge is 0.294 e. The molecular formula is C100H98N2O20S4. The lowest BCUT2D eigenvalue weighted by Crippen LogP contribution is -2.42. The Labute approximate surface area is 732 Å². The summed E-state index contributed by atoms with van der Waals surface area (Å²) in [6, 6.07) is 37.3. The van der Waals surface area contributed by atoms with Crippen LogP contribution in [-0.2, 0) is 66.2 Å². The molecule has 126 heavy (non-hydrogen) atoms. The van der Waals surface area contributed by atoms with E-state index in [9.17, 15) is 51.9 Å². The van der Waals surface area contributed by atoms with Crippen molar-refractivity contribution in [2.24, 2.45) is 45.3 Å². The molecule has 14 aliphatic rings. The summed E-state index contributed by atoms with van der Waals surface area (Å²) in [4.78, 5) is 69.8. The molecule has 2 aliphatic heterocycles. The Morgan fingerprint density at radius 3 is 0.643 bits per heavy atom. The lowest BCUT2D eigenvalue weighted by Gasteiger charge is -2.47. The van der Waals surface area contributed by atoms with E-state index in [4.69, 9.17) is 18.9 Å². The first-order valence-corrected chi connectivity index (χ1v) is 50.5. The Kier molecular flexibility index (Phi) is 20.2. The largest absolute Gasteiger partial charge is 0.457 e. The number of carbonyl (C=O) groups is 4. The predicted octanol–water partition coefficient (Wildman–Crippen LogP) is 23.1. The average Bonchev–Trinajstić information content (AvgIpc) is 0.667. The van der Waals surface area contributed by atoms with Gasteiger partial charge >= 0.3 is 0 Å². The number of fused-ring (bicyclic) bond motifs is 14. The first kappa shape index (κ1) is 82.8. The maximum Gasteiger partial charge on any atom is 0.294 e. The fourth-order valence-corrected chi connectivity index (χ4v) is 26.5. The summed E-state index contributed by atoms with van der Waals surface area (Å²) in [5.41, 5.74) is 3.96. The van der Waals surface area contributed by atoms with E-state index in [1.165, 1.54) is 82.6 Å². The molecule has 11 aromatic rings. The quantitative estimate of drug-likeness (QED) is 0.0169. The van der Waals surface area contributed by atoms with E-state index >= 15 is 19.2 Å². The van der Waals surface area contributed by atoms with Crippen LogP contribution in [0.2, 0.25) is 0 Å². The van der Waals surface area contributed by atoms with Gasteiger partial charge in [-0.3, -0.25) is 37.4 Å². The SMILES string of the molecule is O=C1c2cc(Oc3ccc(S(=O)(=O)O)cc3)c3c4c(Oc5ccc(S(=O)(=O)O)cc5)cc5c6c(cc(Oc7ccc(S(=O)(=O)O)cc7)c(c7c(Oc8ccc(S(=O)(=O)O)cc8)cc(c2c37)C(=O)N1c1c(CCC23CCC(CC2)CC3)cccc1CCC12CCC(CC1)CC2)c64)C(=O)N(c1c(CCC23CCC(CC2)CC3)cccc1CCC12CCC(CC1)CC2)C5=O. The van der Waals surface area contributed by atoms with Gasteiger partial charge in [0.05, 0.1) is 53.2 Å². The van der Waals surface area contributed by atoms with Crippen LogP contribution in [-0.4, -0.2) is 75.5 Å². The maximum absolute atomic E-state index is 17.3. The summed E-state index contributed by atoms with van der Waals surface area (Å²) in [5.74, 6) is -1.26. The number of carbonyl (C=O) groups excluding carboxylic acids is 4. The van der Waals surface area contributed by atoms with E-state index in [1.807, 2.05) is 36.4 Å². The molecule has 2 heterocycles. The van der Waals surface area contributed by atoms with Crippen LogP contribution in [0.15, 0.2) is 177 Å². The normalized spacial score (nSPS) is 24.6. The summed E-state index contributed by atoms with van der Waals surface area (Å²) >= 11 is 0. The number of benzene rings is 11. The predicted molar refractivity (Wildman–Crippen MR) is 476 cm³/mol. The lowest BCUT2D eigenvalue weighted by atomic mass is 9.58. The van der Waals surface area contributed by atoms with E-state index in [-0.39, 0.29) is 133 Å². The van der Waals surface area contributed by atoms with Crippen molar-refractivity contribution in [2.75, 3.05) is 9.80 Å². The molecule has 12 aliphatic carbocycles. The van der Waals surface area contributed by atoms with Gasteiger partial charge < -0.3 is 18.9 Å². The number of anilines is 2. The third-order valence-electron chi connectivity index (χ3n) is 31.8. The Hall–Kier alpha value is -10.2. The van der Waals surface area contributed by atoms with Gasteiger partial charge in [0, 0.05) is 43.1 Å². The summed E-state index contributed by atoms with van der Waals surface area (Å²) in [6.07, 6.45) is 31.9. The monoisotopic (exact) mass is 1770 g/mol. The zero-order valence-electron chi connectivity index (χ0n) is 69.8. The number of ether oxygens (including phenoxy) is 4. The van der Waals surface area contributed by atoms with Crippen molar-refractivity contribution in [1.29, 1.82) is 0 Å². The molecule has 12 fully saturated rings. The highest BCUT2D eigenvalue weighted by Gasteiger charge is 2.49. The summed E-state index contributed by atoms with van der Waals surface area (Å²) in [7, 11) is -19.3. The van der Waals surface area contributed by atoms with Crippen molar-refractivity contribution in [3.8, 4) is 46.0 Å². The van der Waals surface area contributed by atoms with E-state index in [2.05, 4.69) is 0 Å². The summed E-state index contributed by atoms with van der Waals surface area (Å²) in [6.45, 7) is 0. The maximum atomic E-state index is 17.3. The molecule has 26 heteroatoms. The molecule has 22 nitrogen and oxygen atoms in total. The zero-order chi connectivity index (χ0) is 86.9. The minimum absolute atomic E-state index is 0.000462. The zero-order valence-corrected chi connectivity index (χ0v) is 73.1. The first-order valence-electron chi connectivity index (χ1n) is 44.7. The molecular weight excluding hydrogens is 1680 g/mol. The minimum atomic E-state index is -4.83. The van der Waals surface area contributed by atoms with Crippen LogP contribution in [0, 0.1) is 45.3 Å². The van der Waals surface area contributed by atoms with Gasteiger partial charge in [-0.05, 0) is 394 Å². The summed E-state index contributed by atoms with van der Waals surface area (Å²) < 4.78 is 174. The molecule has 0 atom stereocenters. The number of hydrogen-bond donors (Lipinski definition) is 4. The number of imide groups is 2. The number of hydrogen-bond acceptors (Lipinski definition) is 16. The van der Waals surface area contributed by atoms with Gasteiger partial charge in [0.15, 0.2) is 0 Å². The second-order valence-electron chi connectivity index (χ2n) is 38.6. The fraction of sp³-hybridized carbons (Fsp3) is 0.400. The standard InChI is InChI=1S/C100H98N2O20S4/c103-93-75-55-79(119-67-7-15-71(16-8-67)123(107,108)109)85-87-81(121-69-11-19-73(20-12-69)125(113,114)115)57-77-84-78(96(106)102(95(77)105)92-65(37-53-99-45-29-61(30-46-99)31-47-99)5-2-6-66(92)38-54-100-48-32-62(33-49-100)34-50-100)58-82(122-70-13-21-74(22-14-70)126(116,117)118)88(90(84)87)86-80(120-68-9-17-72(18-10-68)124(110,111)112)56-76(83(75)89(85)86)94(104)101(93)91-63(35-51-97-39-23-59(24-40-97)25-41-97)3-1-4-64(91)36-52-98-42-26-60(27-43-98)28-44-98/h1-22,55-62H,23-54H2,(H,107,108,109)(H,110,111,112)(H,113,114,115)(H,116,117,118). The van der Waals surface area contributed by atoms with Crippen molar-refractivity contribution in [1.82, 2.24) is 0 Å². The number of aryl methyl sites for hydroxylation is 4. The van der Waals surface area contributed by atoms with Crippen LogP contribution in [0.5, 0.6) is 46.0 Å². The van der Waals surface area contributed by atoms with Gasteiger partial charge in [-0.1, -0.05) is 36.4 Å². The van der Waals surface area contributed by atoms with Gasteiger partial charge in [0.1, 0.15) is 46.0 Å². The first-order chi connectivity index (χ1) is 60.3. The highest BCUT2D eigenvalue weighted by atomic mass is 32.2. The molecule has 12 saturated carbocycles. The molecule has 8 bridgehead atoms. The van der Waals surface area contributed by atoms with Crippen LogP contribution in [0.25, 0.3) is 43.1 Å². The van der Waals surface area contributed by atoms with E-state index < -0.39 is 83.7 Å². The van der Waals surface area contributed by atoms with Gasteiger partial charge in [-0.15, -0.1) is 0 Å². The Balaban J connectivity index is 0.858. The molecule has 652 valence electrons. The van der Waals surface area contributed by atoms with Crippen molar-refractivity contribution >= 4 is 119 Å². The third kappa shape index (κ3) is 14.7. The number of rotatable bonds is 26. The topological polar surface area (TPSA) is 329 Å².